The summed E-state index contributed by atoms with van der Waals surface area (Å²) in [6.45, 7) is 0. The van der Waals surface area contributed by atoms with Crippen molar-refractivity contribution in [3.8, 4) is 5.75 Å². The monoisotopic (exact) mass is 408 g/mol. The Bertz CT molecular complexity index is 813. The first kappa shape index (κ1) is 17.8. The van der Waals surface area contributed by atoms with Crippen LogP contribution < -0.4 is 9.64 Å². The fourth-order valence-electron chi connectivity index (χ4n) is 2.83. The van der Waals surface area contributed by atoms with Crippen LogP contribution in [0.4, 0.5) is 5.69 Å². The normalized spacial score (nSPS) is 26.6. The maximum absolute atomic E-state index is 12.0. The van der Waals surface area contributed by atoms with Gasteiger partial charge in [-0.05, 0) is 18.2 Å². The smallest absolute Gasteiger partial charge is 0.262 e. The van der Waals surface area contributed by atoms with Crippen molar-refractivity contribution >= 4 is 61.6 Å². The maximum Gasteiger partial charge on any atom is 0.262 e. The molecule has 6 nitrogen and oxygen atoms in total. The van der Waals surface area contributed by atoms with Gasteiger partial charge in [-0.1, -0.05) is 23.4 Å². The van der Waals surface area contributed by atoms with Crippen molar-refractivity contribution in [3.05, 3.63) is 23.2 Å². The quantitative estimate of drug-likeness (QED) is 0.713. The van der Waals surface area contributed by atoms with Gasteiger partial charge in [0.1, 0.15) is 11.6 Å². The van der Waals surface area contributed by atoms with Crippen LogP contribution in [-0.2, 0) is 14.6 Å². The van der Waals surface area contributed by atoms with E-state index in [-0.39, 0.29) is 28.7 Å². The van der Waals surface area contributed by atoms with E-state index in [4.69, 9.17) is 27.9 Å². The lowest BCUT2D eigenvalue weighted by Crippen LogP contribution is -2.38. The molecule has 2 saturated heterocycles. The van der Waals surface area contributed by atoms with Crippen molar-refractivity contribution in [2.45, 2.75) is 11.3 Å². The van der Waals surface area contributed by atoms with Crippen LogP contribution in [0.2, 0.25) is 5.02 Å². The van der Waals surface area contributed by atoms with Crippen LogP contribution in [0, 0.1) is 0 Å². The number of benzene rings is 1. The minimum absolute atomic E-state index is 0.00554. The Kier molecular flexibility index (Phi) is 5.01. The van der Waals surface area contributed by atoms with Gasteiger partial charge in [-0.2, -0.15) is 4.99 Å². The Morgan fingerprint density at radius 3 is 2.88 bits per heavy atom. The third kappa shape index (κ3) is 3.37. The molecule has 0 aliphatic carbocycles. The summed E-state index contributed by atoms with van der Waals surface area (Å²) >= 11 is 12.9. The lowest BCUT2D eigenvalue weighted by Gasteiger charge is -2.26. The number of carbonyl (C=O) groups excluding carboxylic acids is 1. The summed E-state index contributed by atoms with van der Waals surface area (Å²) < 4.78 is 29.4. The molecule has 2 aliphatic rings. The number of rotatable bonds is 3. The number of ether oxygens (including phenoxy) is 1. The zero-order valence-corrected chi connectivity index (χ0v) is 15.8. The molecule has 1 amide bonds. The summed E-state index contributed by atoms with van der Waals surface area (Å²) in [4.78, 5) is 17.4. The summed E-state index contributed by atoms with van der Waals surface area (Å²) in [7, 11) is -1.62. The van der Waals surface area contributed by atoms with Crippen LogP contribution in [-0.4, -0.2) is 55.3 Å². The van der Waals surface area contributed by atoms with Gasteiger partial charge in [0.2, 0.25) is 0 Å². The topological polar surface area (TPSA) is 76.0 Å². The molecule has 10 heteroatoms. The molecule has 2 aliphatic heterocycles. The largest absolute Gasteiger partial charge is 0.495 e. The first-order valence-electron chi connectivity index (χ1n) is 7.02. The second-order valence-corrected chi connectivity index (χ2v) is 9.47. The van der Waals surface area contributed by atoms with E-state index < -0.39 is 15.7 Å². The number of hydrogen-bond donors (Lipinski definition) is 0. The standard InChI is InChI=1S/C14H14Cl2N2O4S2/c1-22-11-3-2-8(16)4-9(11)18-10-6-24(20,21)7-12(10)23-14(18)17-13(19)5-15/h2-4,10,12H,5-7H2,1H3/t10-,12-/m1/s1. The van der Waals surface area contributed by atoms with Gasteiger partial charge in [-0.25, -0.2) is 8.42 Å². The fourth-order valence-corrected chi connectivity index (χ4v) is 6.98. The number of nitrogens with zero attached hydrogens (tertiary/aromatic N) is 2. The highest BCUT2D eigenvalue weighted by molar-refractivity contribution is 8.16. The second kappa shape index (κ2) is 6.74. The number of alkyl halides is 1. The van der Waals surface area contributed by atoms with Crippen LogP contribution in [0.15, 0.2) is 23.2 Å². The van der Waals surface area contributed by atoms with E-state index in [9.17, 15) is 13.2 Å². The molecule has 24 heavy (non-hydrogen) atoms. The van der Waals surface area contributed by atoms with Crippen LogP contribution >= 0.6 is 35.0 Å². The van der Waals surface area contributed by atoms with Crippen LogP contribution in [0.3, 0.4) is 0 Å². The Morgan fingerprint density at radius 1 is 1.46 bits per heavy atom. The molecule has 0 bridgehead atoms. The number of carbonyl (C=O) groups is 1. The van der Waals surface area contributed by atoms with Crippen molar-refractivity contribution in [2.24, 2.45) is 4.99 Å². The number of amidine groups is 1. The predicted octanol–water partition coefficient (Wildman–Crippen LogP) is 2.19. The van der Waals surface area contributed by atoms with Gasteiger partial charge in [0, 0.05) is 10.3 Å². The molecule has 1 aromatic carbocycles. The fraction of sp³-hybridized carbons (Fsp3) is 0.429. The molecular weight excluding hydrogens is 395 g/mol. The molecule has 0 aromatic heterocycles. The van der Waals surface area contributed by atoms with Gasteiger partial charge in [0.15, 0.2) is 15.0 Å². The number of fused-ring (bicyclic) bond motifs is 1. The number of halogens is 2. The van der Waals surface area contributed by atoms with E-state index in [0.29, 0.717) is 21.6 Å². The molecular formula is C14H14Cl2N2O4S2. The minimum atomic E-state index is -3.14. The third-order valence-electron chi connectivity index (χ3n) is 3.80. The van der Waals surface area contributed by atoms with E-state index in [2.05, 4.69) is 4.99 Å². The van der Waals surface area contributed by atoms with E-state index in [0.717, 1.165) is 0 Å². The van der Waals surface area contributed by atoms with Gasteiger partial charge in [-0.3, -0.25) is 4.79 Å². The highest BCUT2D eigenvalue weighted by Crippen LogP contribution is 2.44. The summed E-state index contributed by atoms with van der Waals surface area (Å²) in [6.07, 6.45) is 0. The van der Waals surface area contributed by atoms with Gasteiger partial charge >= 0.3 is 0 Å². The minimum Gasteiger partial charge on any atom is -0.495 e. The predicted molar refractivity (Wildman–Crippen MR) is 97.5 cm³/mol. The molecule has 0 N–H and O–H groups in total. The third-order valence-corrected chi connectivity index (χ3v) is 7.48. The molecule has 3 rings (SSSR count). The number of hydrogen-bond acceptors (Lipinski definition) is 5. The summed E-state index contributed by atoms with van der Waals surface area (Å²) in [6, 6.07) is 4.72. The number of sulfone groups is 1. The van der Waals surface area contributed by atoms with E-state index in [1.165, 1.54) is 18.9 Å². The summed E-state index contributed by atoms with van der Waals surface area (Å²) in [5.41, 5.74) is 0.586. The van der Waals surface area contributed by atoms with Crippen LogP contribution in [0.1, 0.15) is 0 Å². The average molecular weight is 409 g/mol. The highest BCUT2D eigenvalue weighted by Gasteiger charge is 2.50. The lowest BCUT2D eigenvalue weighted by molar-refractivity contribution is -0.115. The Balaban J connectivity index is 2.10. The molecule has 0 unspecified atom stereocenters. The zero-order chi connectivity index (χ0) is 17.5. The summed E-state index contributed by atoms with van der Waals surface area (Å²) in [5, 5.41) is 0.704. The van der Waals surface area contributed by atoms with Crippen molar-refractivity contribution in [2.75, 3.05) is 29.4 Å². The molecule has 2 fully saturated rings. The van der Waals surface area contributed by atoms with E-state index in [1.54, 1.807) is 23.1 Å². The number of anilines is 1. The molecule has 2 heterocycles. The second-order valence-electron chi connectivity index (χ2n) is 5.41. The van der Waals surface area contributed by atoms with Gasteiger partial charge in [0.05, 0.1) is 30.3 Å². The van der Waals surface area contributed by atoms with Gasteiger partial charge in [0.25, 0.3) is 5.91 Å². The first-order valence-corrected chi connectivity index (χ1v) is 10.6. The van der Waals surface area contributed by atoms with Gasteiger partial charge < -0.3 is 9.64 Å². The van der Waals surface area contributed by atoms with Crippen molar-refractivity contribution in [1.82, 2.24) is 0 Å². The Labute approximate surface area is 154 Å². The lowest BCUT2D eigenvalue weighted by atomic mass is 10.2. The molecule has 0 saturated carbocycles. The molecule has 1 aromatic rings. The number of amides is 1. The molecule has 0 radical (unpaired) electrons. The summed E-state index contributed by atoms with van der Waals surface area (Å²) in [5.74, 6) is -0.147. The van der Waals surface area contributed by atoms with Crippen molar-refractivity contribution < 1.29 is 17.9 Å². The highest BCUT2D eigenvalue weighted by atomic mass is 35.5. The number of aliphatic imine (C=N–C) groups is 1. The van der Waals surface area contributed by atoms with Crippen molar-refractivity contribution in [1.29, 1.82) is 0 Å². The van der Waals surface area contributed by atoms with Crippen molar-refractivity contribution in [3.63, 3.8) is 0 Å². The number of thioether (sulfide) groups is 1. The zero-order valence-electron chi connectivity index (χ0n) is 12.6. The molecule has 2 atom stereocenters. The average Bonchev–Trinajstić information content (AvgIpc) is 2.97. The Morgan fingerprint density at radius 2 is 2.21 bits per heavy atom. The SMILES string of the molecule is COc1ccc(Cl)cc1N1C(=NC(=O)CCl)S[C@@H]2CS(=O)(=O)C[C@H]21. The first-order chi connectivity index (χ1) is 11.3. The van der Waals surface area contributed by atoms with Crippen LogP contribution in [0.25, 0.3) is 0 Å². The number of methoxy groups -OCH3 is 1. The van der Waals surface area contributed by atoms with Gasteiger partial charge in [-0.15, -0.1) is 11.6 Å². The Hall–Kier alpha value is -0.960. The van der Waals surface area contributed by atoms with E-state index >= 15 is 0 Å². The molecule has 0 spiro atoms. The maximum atomic E-state index is 12.0. The molecule has 130 valence electrons. The van der Waals surface area contributed by atoms with E-state index in [1.807, 2.05) is 0 Å². The van der Waals surface area contributed by atoms with Crippen LogP contribution in [0.5, 0.6) is 5.75 Å².